The number of fused-ring (bicyclic) bond motifs is 2. The summed E-state index contributed by atoms with van der Waals surface area (Å²) < 4.78 is 6.04. The molecule has 0 bridgehead atoms. The number of para-hydroxylation sites is 1. The van der Waals surface area contributed by atoms with E-state index in [0.29, 0.717) is 6.61 Å². The molecule has 1 unspecified atom stereocenters. The van der Waals surface area contributed by atoms with Crippen LogP contribution in [0.3, 0.4) is 0 Å². The number of nitrogens with one attached hydrogen (secondary N) is 1. The van der Waals surface area contributed by atoms with Gasteiger partial charge in [0.25, 0.3) is 5.91 Å². The third-order valence-corrected chi connectivity index (χ3v) is 7.09. The number of halogens is 2. The SMILES string of the molecule is O=C(NC(Cc1ccc(-c2cccc3c2OCCC3)c2ccccc12)C(=O)O)c1c(Cl)cccc1Cl. The second-order valence-corrected chi connectivity index (χ2v) is 9.54. The number of hydrogen-bond acceptors (Lipinski definition) is 3. The van der Waals surface area contributed by atoms with Crippen molar-refractivity contribution in [1.82, 2.24) is 5.32 Å². The van der Waals surface area contributed by atoms with Crippen molar-refractivity contribution in [2.24, 2.45) is 0 Å². The molecule has 0 saturated carbocycles. The van der Waals surface area contributed by atoms with Gasteiger partial charge in [-0.25, -0.2) is 4.79 Å². The third-order valence-electron chi connectivity index (χ3n) is 6.46. The number of hydrogen-bond donors (Lipinski definition) is 2. The Bertz CT molecular complexity index is 1460. The van der Waals surface area contributed by atoms with Crippen molar-refractivity contribution in [3.8, 4) is 16.9 Å². The van der Waals surface area contributed by atoms with Crippen LogP contribution in [0.25, 0.3) is 21.9 Å². The summed E-state index contributed by atoms with van der Waals surface area (Å²) in [4.78, 5) is 25.0. The van der Waals surface area contributed by atoms with Gasteiger partial charge >= 0.3 is 5.97 Å². The zero-order chi connectivity index (χ0) is 25.2. The van der Waals surface area contributed by atoms with E-state index >= 15 is 0 Å². The molecule has 1 aliphatic heterocycles. The number of carbonyl (C=O) groups is 2. The molecular weight excluding hydrogens is 497 g/mol. The summed E-state index contributed by atoms with van der Waals surface area (Å²) in [6.45, 7) is 0.690. The number of benzene rings is 4. The van der Waals surface area contributed by atoms with Crippen LogP contribution in [0.1, 0.15) is 27.9 Å². The van der Waals surface area contributed by atoms with Crippen molar-refractivity contribution < 1.29 is 19.4 Å². The number of aliphatic carboxylic acids is 1. The van der Waals surface area contributed by atoms with Gasteiger partial charge in [0, 0.05) is 12.0 Å². The molecule has 4 aromatic rings. The van der Waals surface area contributed by atoms with Crippen LogP contribution >= 0.6 is 23.2 Å². The van der Waals surface area contributed by atoms with E-state index in [1.54, 1.807) is 6.07 Å². The summed E-state index contributed by atoms with van der Waals surface area (Å²) >= 11 is 12.3. The van der Waals surface area contributed by atoms with Crippen LogP contribution in [0.5, 0.6) is 5.75 Å². The van der Waals surface area contributed by atoms with E-state index in [-0.39, 0.29) is 22.0 Å². The Kier molecular flexibility index (Phi) is 6.86. The molecule has 1 atom stereocenters. The Morgan fingerprint density at radius 3 is 2.36 bits per heavy atom. The van der Waals surface area contributed by atoms with E-state index in [1.165, 1.54) is 17.7 Å². The fourth-order valence-electron chi connectivity index (χ4n) is 4.74. The van der Waals surface area contributed by atoms with Gasteiger partial charge in [0.15, 0.2) is 0 Å². The van der Waals surface area contributed by atoms with E-state index in [0.717, 1.165) is 46.1 Å². The molecule has 1 heterocycles. The van der Waals surface area contributed by atoms with E-state index < -0.39 is 17.9 Å². The first kappa shape index (κ1) is 24.2. The molecule has 2 N–H and O–H groups in total. The predicted molar refractivity (Wildman–Crippen MR) is 142 cm³/mol. The minimum absolute atomic E-state index is 0.0566. The number of aryl methyl sites for hydroxylation is 1. The highest BCUT2D eigenvalue weighted by Crippen LogP contribution is 2.40. The number of rotatable bonds is 6. The molecule has 0 aliphatic carbocycles. The van der Waals surface area contributed by atoms with Crippen molar-refractivity contribution in [1.29, 1.82) is 0 Å². The van der Waals surface area contributed by atoms with Crippen LogP contribution in [0.15, 0.2) is 72.8 Å². The molecular formula is C29H23Cl2NO4. The first-order valence-corrected chi connectivity index (χ1v) is 12.4. The number of ether oxygens (including phenoxy) is 1. The molecule has 5 nitrogen and oxygen atoms in total. The topological polar surface area (TPSA) is 75.6 Å². The van der Waals surface area contributed by atoms with Gasteiger partial charge in [-0.1, -0.05) is 83.9 Å². The minimum Gasteiger partial charge on any atom is -0.493 e. The molecule has 7 heteroatoms. The minimum atomic E-state index is -1.17. The van der Waals surface area contributed by atoms with E-state index in [4.69, 9.17) is 27.9 Å². The summed E-state index contributed by atoms with van der Waals surface area (Å²) in [5, 5.41) is 14.7. The van der Waals surface area contributed by atoms with Crippen LogP contribution in [0.4, 0.5) is 0 Å². The van der Waals surface area contributed by atoms with Crippen LogP contribution in [0.2, 0.25) is 10.0 Å². The zero-order valence-corrected chi connectivity index (χ0v) is 20.8. The summed E-state index contributed by atoms with van der Waals surface area (Å²) in [5.41, 5.74) is 4.09. The molecule has 4 aromatic carbocycles. The molecule has 1 aliphatic rings. The Hall–Kier alpha value is -3.54. The van der Waals surface area contributed by atoms with Gasteiger partial charge < -0.3 is 15.2 Å². The van der Waals surface area contributed by atoms with Crippen molar-refractivity contribution in [2.45, 2.75) is 25.3 Å². The molecule has 0 fully saturated rings. The maximum absolute atomic E-state index is 12.9. The molecule has 0 aromatic heterocycles. The lowest BCUT2D eigenvalue weighted by molar-refractivity contribution is -0.139. The number of amides is 1. The van der Waals surface area contributed by atoms with Gasteiger partial charge in [0.1, 0.15) is 11.8 Å². The fourth-order valence-corrected chi connectivity index (χ4v) is 5.31. The van der Waals surface area contributed by atoms with Crippen LogP contribution in [-0.2, 0) is 17.6 Å². The summed E-state index contributed by atoms with van der Waals surface area (Å²) in [5.74, 6) is -0.869. The number of carbonyl (C=O) groups excluding carboxylic acids is 1. The van der Waals surface area contributed by atoms with Crippen LogP contribution in [0, 0.1) is 0 Å². The first-order chi connectivity index (χ1) is 17.4. The highest BCUT2D eigenvalue weighted by atomic mass is 35.5. The van der Waals surface area contributed by atoms with E-state index in [9.17, 15) is 14.7 Å². The molecule has 5 rings (SSSR count). The second-order valence-electron chi connectivity index (χ2n) is 8.73. The molecule has 36 heavy (non-hydrogen) atoms. The smallest absolute Gasteiger partial charge is 0.326 e. The van der Waals surface area contributed by atoms with E-state index in [1.807, 2.05) is 42.5 Å². The lowest BCUT2D eigenvalue weighted by Crippen LogP contribution is -2.42. The van der Waals surface area contributed by atoms with Gasteiger partial charge in [0.05, 0.1) is 22.2 Å². The predicted octanol–water partition coefficient (Wildman–Crippen LogP) is 6.56. The summed E-state index contributed by atoms with van der Waals surface area (Å²) in [6, 6.07) is 21.5. The standard InChI is InChI=1S/C29H23Cl2NO4/c30-23-11-4-12-24(31)26(23)28(33)32-25(29(34)35)16-18-13-14-21(20-9-2-1-8-19(18)20)22-10-3-6-17-7-5-15-36-27(17)22/h1-4,6,8-14,25H,5,7,15-16H2,(H,32,33)(H,34,35). The number of carboxylic acids is 1. The lowest BCUT2D eigenvalue weighted by Gasteiger charge is -2.22. The summed E-state index contributed by atoms with van der Waals surface area (Å²) in [7, 11) is 0. The van der Waals surface area contributed by atoms with Crippen molar-refractivity contribution in [3.05, 3.63) is 99.5 Å². The normalized spacial score (nSPS) is 13.5. The highest BCUT2D eigenvalue weighted by molar-refractivity contribution is 6.39. The third kappa shape index (κ3) is 4.64. The quantitative estimate of drug-likeness (QED) is 0.302. The molecule has 182 valence electrons. The maximum atomic E-state index is 12.9. The van der Waals surface area contributed by atoms with Gasteiger partial charge in [-0.2, -0.15) is 0 Å². The summed E-state index contributed by atoms with van der Waals surface area (Å²) in [6.07, 6.45) is 2.07. The Morgan fingerprint density at radius 2 is 1.61 bits per heavy atom. The Balaban J connectivity index is 1.51. The van der Waals surface area contributed by atoms with Gasteiger partial charge in [-0.05, 0) is 52.4 Å². The maximum Gasteiger partial charge on any atom is 0.326 e. The van der Waals surface area contributed by atoms with Crippen molar-refractivity contribution in [3.63, 3.8) is 0 Å². The average molecular weight is 520 g/mol. The zero-order valence-electron chi connectivity index (χ0n) is 19.3. The highest BCUT2D eigenvalue weighted by Gasteiger charge is 2.25. The average Bonchev–Trinajstić information content (AvgIpc) is 2.88. The molecule has 0 spiro atoms. The van der Waals surface area contributed by atoms with Gasteiger partial charge in [-0.15, -0.1) is 0 Å². The Labute approximate surface area is 218 Å². The van der Waals surface area contributed by atoms with E-state index in [2.05, 4.69) is 17.4 Å². The molecule has 0 saturated heterocycles. The fraction of sp³-hybridized carbons (Fsp3) is 0.172. The van der Waals surface area contributed by atoms with Crippen molar-refractivity contribution >= 4 is 45.9 Å². The van der Waals surface area contributed by atoms with Crippen LogP contribution in [-0.4, -0.2) is 29.6 Å². The van der Waals surface area contributed by atoms with Gasteiger partial charge in [-0.3, -0.25) is 4.79 Å². The molecule has 0 radical (unpaired) electrons. The number of carboxylic acid groups (broad SMARTS) is 1. The second kappa shape index (κ2) is 10.2. The monoisotopic (exact) mass is 519 g/mol. The van der Waals surface area contributed by atoms with Crippen LogP contribution < -0.4 is 10.1 Å². The lowest BCUT2D eigenvalue weighted by atomic mass is 9.90. The molecule has 1 amide bonds. The first-order valence-electron chi connectivity index (χ1n) is 11.7. The Morgan fingerprint density at radius 1 is 0.889 bits per heavy atom. The largest absolute Gasteiger partial charge is 0.493 e. The van der Waals surface area contributed by atoms with Gasteiger partial charge in [0.2, 0.25) is 0 Å². The van der Waals surface area contributed by atoms with Crippen molar-refractivity contribution in [2.75, 3.05) is 6.61 Å².